The van der Waals surface area contributed by atoms with Crippen molar-refractivity contribution in [2.75, 3.05) is 42.7 Å². The number of fused-ring (bicyclic) bond motifs is 1. The molecule has 5 rings (SSSR count). The smallest absolute Gasteiger partial charge is 0.257 e. The molecule has 9 heteroatoms. The van der Waals surface area contributed by atoms with Gasteiger partial charge in [0.05, 0.1) is 30.2 Å². The Labute approximate surface area is 205 Å². The van der Waals surface area contributed by atoms with Crippen LogP contribution in [0.25, 0.3) is 10.4 Å². The van der Waals surface area contributed by atoms with Gasteiger partial charge in [-0.05, 0) is 36.2 Å². The number of anilines is 2. The van der Waals surface area contributed by atoms with Crippen LogP contribution in [0.3, 0.4) is 0 Å². The van der Waals surface area contributed by atoms with Crippen LogP contribution >= 0.6 is 23.1 Å². The van der Waals surface area contributed by atoms with Crippen molar-refractivity contribution in [1.82, 2.24) is 4.90 Å². The summed E-state index contributed by atoms with van der Waals surface area (Å²) in [7, 11) is 0. The first-order valence-corrected chi connectivity index (χ1v) is 12.8. The number of morpholine rings is 1. The molecule has 0 aliphatic carbocycles. The van der Waals surface area contributed by atoms with Crippen molar-refractivity contribution < 1.29 is 19.1 Å². The molecule has 2 aromatic carbocycles. The molecule has 0 atom stereocenters. The zero-order valence-electron chi connectivity index (χ0n) is 18.6. The Morgan fingerprint density at radius 1 is 1.09 bits per heavy atom. The minimum Gasteiger partial charge on any atom is -0.378 e. The lowest BCUT2D eigenvalue weighted by Gasteiger charge is -2.27. The van der Waals surface area contributed by atoms with Crippen LogP contribution in [0.4, 0.5) is 10.7 Å². The number of hydrogen-bond donors (Lipinski definition) is 2. The van der Waals surface area contributed by atoms with Crippen molar-refractivity contribution >= 4 is 51.5 Å². The molecule has 174 valence electrons. The maximum Gasteiger partial charge on any atom is 0.257 e. The monoisotopic (exact) mass is 493 g/mol. The molecule has 3 amide bonds. The molecule has 3 heterocycles. The lowest BCUT2D eigenvalue weighted by atomic mass is 10.1. The van der Waals surface area contributed by atoms with Crippen LogP contribution < -0.4 is 10.6 Å². The van der Waals surface area contributed by atoms with Crippen molar-refractivity contribution in [3.63, 3.8) is 0 Å². The highest BCUT2D eigenvalue weighted by atomic mass is 32.2. The molecule has 3 aromatic rings. The summed E-state index contributed by atoms with van der Waals surface area (Å²) < 4.78 is 5.40. The Bertz CT molecular complexity index is 1270. The van der Waals surface area contributed by atoms with Gasteiger partial charge in [0, 0.05) is 28.4 Å². The van der Waals surface area contributed by atoms with Crippen LogP contribution in [-0.4, -0.2) is 54.7 Å². The summed E-state index contributed by atoms with van der Waals surface area (Å²) in [4.78, 5) is 42.1. The van der Waals surface area contributed by atoms with E-state index in [0.717, 1.165) is 20.9 Å². The predicted molar refractivity (Wildman–Crippen MR) is 135 cm³/mol. The number of nitrogens with one attached hydrogen (secondary N) is 2. The first-order chi connectivity index (χ1) is 16.5. The van der Waals surface area contributed by atoms with E-state index in [1.807, 2.05) is 43.3 Å². The number of carbonyl (C=O) groups excluding carboxylic acids is 3. The molecule has 2 aliphatic heterocycles. The summed E-state index contributed by atoms with van der Waals surface area (Å²) in [6, 6.07) is 15.1. The molecule has 34 heavy (non-hydrogen) atoms. The number of benzene rings is 2. The maximum absolute atomic E-state index is 13.5. The molecule has 2 N–H and O–H groups in total. The molecule has 0 spiro atoms. The largest absolute Gasteiger partial charge is 0.378 e. The van der Waals surface area contributed by atoms with E-state index in [1.165, 1.54) is 23.1 Å². The number of nitrogens with zero attached hydrogens (tertiary/aromatic N) is 1. The van der Waals surface area contributed by atoms with Gasteiger partial charge in [-0.2, -0.15) is 0 Å². The highest BCUT2D eigenvalue weighted by Crippen LogP contribution is 2.41. The molecule has 0 unspecified atom stereocenters. The van der Waals surface area contributed by atoms with Gasteiger partial charge in [0.25, 0.3) is 11.8 Å². The number of thioether (sulfide) groups is 1. The number of thiophene rings is 1. The van der Waals surface area contributed by atoms with Crippen LogP contribution in [0.5, 0.6) is 0 Å². The van der Waals surface area contributed by atoms with E-state index in [0.29, 0.717) is 53.9 Å². The van der Waals surface area contributed by atoms with E-state index in [9.17, 15) is 14.4 Å². The predicted octanol–water partition coefficient (Wildman–Crippen LogP) is 4.49. The molecule has 1 saturated heterocycles. The molecular weight excluding hydrogens is 470 g/mol. The number of rotatable bonds is 4. The fraction of sp³-hybridized carbons (Fsp3) is 0.240. The van der Waals surface area contributed by atoms with E-state index in [-0.39, 0.29) is 17.7 Å². The molecule has 0 radical (unpaired) electrons. The third-order valence-corrected chi connectivity index (χ3v) is 8.13. The van der Waals surface area contributed by atoms with E-state index in [2.05, 4.69) is 10.6 Å². The van der Waals surface area contributed by atoms with Crippen LogP contribution in [0.15, 0.2) is 53.4 Å². The fourth-order valence-corrected chi connectivity index (χ4v) is 6.04. The summed E-state index contributed by atoms with van der Waals surface area (Å²) in [6.07, 6.45) is 0. The molecule has 0 bridgehead atoms. The highest BCUT2D eigenvalue weighted by molar-refractivity contribution is 8.00. The second kappa shape index (κ2) is 9.61. The Morgan fingerprint density at radius 2 is 1.85 bits per heavy atom. The maximum atomic E-state index is 13.5. The van der Waals surface area contributed by atoms with Crippen LogP contribution in [0.1, 0.15) is 26.3 Å². The molecule has 2 aliphatic rings. The van der Waals surface area contributed by atoms with Gasteiger partial charge in [0.1, 0.15) is 5.00 Å². The van der Waals surface area contributed by atoms with Crippen LogP contribution in [0, 0.1) is 6.92 Å². The minimum atomic E-state index is -0.329. The topological polar surface area (TPSA) is 87.7 Å². The molecule has 7 nitrogen and oxygen atoms in total. The van der Waals surface area contributed by atoms with Gasteiger partial charge in [0.15, 0.2) is 0 Å². The van der Waals surface area contributed by atoms with Gasteiger partial charge in [0.2, 0.25) is 5.91 Å². The van der Waals surface area contributed by atoms with E-state index < -0.39 is 0 Å². The van der Waals surface area contributed by atoms with Crippen molar-refractivity contribution in [2.45, 2.75) is 11.8 Å². The SMILES string of the molecule is Cc1c(-c2ccccc2)sc(NC(=O)c2ccc3c(c2)NC(=O)CS3)c1C(=O)N1CCOCC1. The summed E-state index contributed by atoms with van der Waals surface area (Å²) >= 11 is 2.84. The van der Waals surface area contributed by atoms with Crippen molar-refractivity contribution in [3.05, 3.63) is 65.2 Å². The van der Waals surface area contributed by atoms with Crippen LogP contribution in [-0.2, 0) is 9.53 Å². The molecular formula is C25H23N3O4S2. The number of hydrogen-bond acceptors (Lipinski definition) is 6. The van der Waals surface area contributed by atoms with E-state index in [4.69, 9.17) is 4.74 Å². The average molecular weight is 494 g/mol. The first kappa shape index (κ1) is 22.6. The molecule has 1 fully saturated rings. The van der Waals surface area contributed by atoms with Crippen molar-refractivity contribution in [2.24, 2.45) is 0 Å². The standard InChI is InChI=1S/C25H23N3O4S2/c1-15-21(25(31)28-9-11-32-12-10-28)24(34-22(15)16-5-3-2-4-6-16)27-23(30)17-7-8-19-18(13-17)26-20(29)14-33-19/h2-8,13H,9-12,14H2,1H3,(H,26,29)(H,27,30). The second-order valence-electron chi connectivity index (χ2n) is 8.03. The normalized spacial score (nSPS) is 15.4. The van der Waals surface area contributed by atoms with E-state index >= 15 is 0 Å². The van der Waals surface area contributed by atoms with Gasteiger partial charge in [-0.3, -0.25) is 14.4 Å². The van der Waals surface area contributed by atoms with Gasteiger partial charge in [-0.15, -0.1) is 23.1 Å². The van der Waals surface area contributed by atoms with Gasteiger partial charge in [-0.1, -0.05) is 30.3 Å². The third-order valence-electron chi connectivity index (χ3n) is 5.80. The summed E-state index contributed by atoms with van der Waals surface area (Å²) in [5.41, 5.74) is 3.40. The zero-order chi connectivity index (χ0) is 23.7. The first-order valence-electron chi connectivity index (χ1n) is 10.9. The Morgan fingerprint density at radius 3 is 2.62 bits per heavy atom. The van der Waals surface area contributed by atoms with Gasteiger partial charge in [-0.25, -0.2) is 0 Å². The number of carbonyl (C=O) groups is 3. The Kier molecular flexibility index (Phi) is 6.40. The zero-order valence-corrected chi connectivity index (χ0v) is 20.2. The summed E-state index contributed by atoms with van der Waals surface area (Å²) in [5, 5.41) is 6.32. The number of amides is 3. The lowest BCUT2D eigenvalue weighted by molar-refractivity contribution is -0.113. The Balaban J connectivity index is 1.50. The lowest BCUT2D eigenvalue weighted by Crippen LogP contribution is -2.41. The van der Waals surface area contributed by atoms with Gasteiger partial charge < -0.3 is 20.3 Å². The minimum absolute atomic E-state index is 0.0881. The van der Waals surface area contributed by atoms with Crippen LogP contribution in [0.2, 0.25) is 0 Å². The van der Waals surface area contributed by atoms with Crippen molar-refractivity contribution in [3.8, 4) is 10.4 Å². The van der Waals surface area contributed by atoms with E-state index in [1.54, 1.807) is 17.0 Å². The molecule has 0 saturated carbocycles. The molecule has 1 aromatic heterocycles. The Hall–Kier alpha value is -3.14. The summed E-state index contributed by atoms with van der Waals surface area (Å²) in [5.74, 6) is -0.162. The van der Waals surface area contributed by atoms with Gasteiger partial charge >= 0.3 is 0 Å². The highest BCUT2D eigenvalue weighted by Gasteiger charge is 2.28. The fourth-order valence-electron chi connectivity index (χ4n) is 4.05. The summed E-state index contributed by atoms with van der Waals surface area (Å²) in [6.45, 7) is 3.96. The quantitative estimate of drug-likeness (QED) is 0.559. The average Bonchev–Trinajstić information content (AvgIpc) is 3.19. The third kappa shape index (κ3) is 4.46. The number of ether oxygens (including phenoxy) is 1. The van der Waals surface area contributed by atoms with Crippen molar-refractivity contribution in [1.29, 1.82) is 0 Å². The second-order valence-corrected chi connectivity index (χ2v) is 10.1.